The van der Waals surface area contributed by atoms with Gasteiger partial charge >= 0.3 is 0 Å². The van der Waals surface area contributed by atoms with Crippen LogP contribution in [0.5, 0.6) is 0 Å². The first kappa shape index (κ1) is 22.2. The van der Waals surface area contributed by atoms with E-state index >= 15 is 0 Å². The Labute approximate surface area is 170 Å². The van der Waals surface area contributed by atoms with Crippen LogP contribution in [0, 0.1) is 5.82 Å². The van der Waals surface area contributed by atoms with Gasteiger partial charge in [0.15, 0.2) is 0 Å². The number of thioether (sulfide) groups is 1. The quantitative estimate of drug-likeness (QED) is 0.594. The highest BCUT2D eigenvalue weighted by Crippen LogP contribution is 2.22. The van der Waals surface area contributed by atoms with Crippen LogP contribution in [0.3, 0.4) is 0 Å². The van der Waals surface area contributed by atoms with Crippen molar-refractivity contribution in [1.82, 2.24) is 5.32 Å². The number of rotatable bonds is 10. The van der Waals surface area contributed by atoms with Crippen LogP contribution in [0.25, 0.3) is 0 Å². The molecule has 8 heteroatoms. The predicted octanol–water partition coefficient (Wildman–Crippen LogP) is 3.42. The van der Waals surface area contributed by atoms with Crippen molar-refractivity contribution in [2.75, 3.05) is 22.9 Å². The maximum Gasteiger partial charge on any atom is 0.243 e. The Balaban J connectivity index is 1.96. The molecule has 2 rings (SSSR count). The lowest BCUT2D eigenvalue weighted by molar-refractivity contribution is -0.122. The lowest BCUT2D eigenvalue weighted by Gasteiger charge is -2.30. The fourth-order valence-electron chi connectivity index (χ4n) is 2.78. The summed E-state index contributed by atoms with van der Waals surface area (Å²) in [7, 11) is -3.71. The smallest absolute Gasteiger partial charge is 0.243 e. The van der Waals surface area contributed by atoms with E-state index < -0.39 is 21.9 Å². The van der Waals surface area contributed by atoms with Crippen molar-refractivity contribution in [3.8, 4) is 0 Å². The molecule has 1 amide bonds. The minimum Gasteiger partial charge on any atom is -0.353 e. The van der Waals surface area contributed by atoms with E-state index in [1.807, 2.05) is 30.3 Å². The van der Waals surface area contributed by atoms with E-state index in [0.29, 0.717) is 18.7 Å². The fraction of sp³-hybridized carbons (Fsp3) is 0.350. The summed E-state index contributed by atoms with van der Waals surface area (Å²) in [5.74, 6) is 0.730. The topological polar surface area (TPSA) is 66.5 Å². The molecule has 0 aromatic heterocycles. The average molecular weight is 425 g/mol. The van der Waals surface area contributed by atoms with E-state index in [-0.39, 0.29) is 11.6 Å². The highest BCUT2D eigenvalue weighted by Gasteiger charge is 2.31. The summed E-state index contributed by atoms with van der Waals surface area (Å²) in [6, 6.07) is 14.2. The summed E-state index contributed by atoms with van der Waals surface area (Å²) in [4.78, 5) is 12.6. The molecule has 0 fully saturated rings. The number of carbonyl (C=O) groups is 1. The lowest BCUT2D eigenvalue weighted by atomic mass is 10.2. The zero-order valence-electron chi connectivity index (χ0n) is 16.0. The molecule has 0 aliphatic carbocycles. The molecule has 0 radical (unpaired) electrons. The number of nitrogens with zero attached hydrogens (tertiary/aromatic N) is 1. The normalized spacial score (nSPS) is 12.4. The number of nitrogens with one attached hydrogen (secondary N) is 1. The number of amides is 1. The Kier molecular flexibility index (Phi) is 8.32. The molecule has 0 heterocycles. The number of benzene rings is 2. The molecule has 2 aromatic carbocycles. The van der Waals surface area contributed by atoms with E-state index in [2.05, 4.69) is 5.32 Å². The predicted molar refractivity (Wildman–Crippen MR) is 113 cm³/mol. The minimum atomic E-state index is -3.71. The number of halogens is 1. The van der Waals surface area contributed by atoms with Gasteiger partial charge in [0.05, 0.1) is 11.9 Å². The van der Waals surface area contributed by atoms with E-state index in [1.165, 1.54) is 29.8 Å². The summed E-state index contributed by atoms with van der Waals surface area (Å²) in [5, 5.41) is 2.81. The van der Waals surface area contributed by atoms with Crippen molar-refractivity contribution in [2.24, 2.45) is 0 Å². The third-order valence-corrected chi connectivity index (χ3v) is 6.28. The largest absolute Gasteiger partial charge is 0.353 e. The maximum absolute atomic E-state index is 13.2. The summed E-state index contributed by atoms with van der Waals surface area (Å²) in [5.41, 5.74) is 1.48. The molecule has 0 saturated heterocycles. The van der Waals surface area contributed by atoms with Gasteiger partial charge in [0, 0.05) is 18.1 Å². The molecule has 152 valence electrons. The number of carbonyl (C=O) groups excluding carboxylic acids is 1. The van der Waals surface area contributed by atoms with E-state index in [1.54, 1.807) is 18.7 Å². The fourth-order valence-corrected chi connectivity index (χ4v) is 4.81. The van der Waals surface area contributed by atoms with Crippen LogP contribution >= 0.6 is 11.8 Å². The highest BCUT2D eigenvalue weighted by molar-refractivity contribution is 7.98. The van der Waals surface area contributed by atoms with Gasteiger partial charge in [0.1, 0.15) is 11.9 Å². The zero-order valence-corrected chi connectivity index (χ0v) is 17.6. The molecule has 2 aromatic rings. The van der Waals surface area contributed by atoms with Crippen LogP contribution < -0.4 is 9.62 Å². The molecule has 0 aliphatic rings. The first-order chi connectivity index (χ1) is 13.3. The van der Waals surface area contributed by atoms with Gasteiger partial charge in [-0.25, -0.2) is 12.8 Å². The first-order valence-electron chi connectivity index (χ1n) is 8.97. The van der Waals surface area contributed by atoms with Gasteiger partial charge < -0.3 is 5.32 Å². The number of sulfonamides is 1. The summed E-state index contributed by atoms with van der Waals surface area (Å²) in [6.07, 6.45) is 1.34. The summed E-state index contributed by atoms with van der Waals surface area (Å²) >= 11 is 1.69. The van der Waals surface area contributed by atoms with Gasteiger partial charge in [-0.1, -0.05) is 37.3 Å². The Morgan fingerprint density at radius 1 is 1.14 bits per heavy atom. The summed E-state index contributed by atoms with van der Waals surface area (Å²) < 4.78 is 38.9. The molecule has 0 bridgehead atoms. The maximum atomic E-state index is 13.2. The second kappa shape index (κ2) is 10.5. The third kappa shape index (κ3) is 6.53. The standard InChI is InChI=1S/C20H25FN2O3S2/c1-3-19(23(28(2,25)26)18-11-9-17(21)10-12-18)20(24)22-13-14-27-15-16-7-5-4-6-8-16/h4-12,19H,3,13-15H2,1-2H3,(H,22,24)/t19-/m1/s1. The SMILES string of the molecule is CC[C@H](C(=O)NCCSCc1ccccc1)N(c1ccc(F)cc1)S(C)(=O)=O. The van der Waals surface area contributed by atoms with Crippen molar-refractivity contribution in [1.29, 1.82) is 0 Å². The van der Waals surface area contributed by atoms with Crippen molar-refractivity contribution < 1.29 is 17.6 Å². The number of anilines is 1. The average Bonchev–Trinajstić information content (AvgIpc) is 2.66. The van der Waals surface area contributed by atoms with Crippen LogP contribution in [0.2, 0.25) is 0 Å². The van der Waals surface area contributed by atoms with Crippen LogP contribution in [-0.4, -0.2) is 38.9 Å². The Bertz CT molecular complexity index is 859. The zero-order chi connectivity index (χ0) is 20.6. The van der Waals surface area contributed by atoms with Gasteiger partial charge in [-0.05, 0) is 36.2 Å². The van der Waals surface area contributed by atoms with E-state index in [4.69, 9.17) is 0 Å². The van der Waals surface area contributed by atoms with Crippen LogP contribution in [-0.2, 0) is 20.6 Å². The van der Waals surface area contributed by atoms with Crippen molar-refractivity contribution in [2.45, 2.75) is 25.1 Å². The number of hydrogen-bond acceptors (Lipinski definition) is 4. The first-order valence-corrected chi connectivity index (χ1v) is 12.0. The lowest BCUT2D eigenvalue weighted by Crippen LogP contribution is -2.49. The molecule has 1 atom stereocenters. The monoisotopic (exact) mass is 424 g/mol. The van der Waals surface area contributed by atoms with Crippen molar-refractivity contribution in [3.05, 3.63) is 66.0 Å². The molecular formula is C20H25FN2O3S2. The number of hydrogen-bond donors (Lipinski definition) is 1. The molecule has 28 heavy (non-hydrogen) atoms. The summed E-state index contributed by atoms with van der Waals surface area (Å²) in [6.45, 7) is 2.18. The molecule has 1 N–H and O–H groups in total. The molecule has 0 aliphatic heterocycles. The molecule has 0 spiro atoms. The second-order valence-electron chi connectivity index (χ2n) is 6.29. The van der Waals surface area contributed by atoms with Crippen LogP contribution in [0.4, 0.5) is 10.1 Å². The highest BCUT2D eigenvalue weighted by atomic mass is 32.2. The van der Waals surface area contributed by atoms with Crippen LogP contribution in [0.15, 0.2) is 54.6 Å². The van der Waals surface area contributed by atoms with Crippen molar-refractivity contribution in [3.63, 3.8) is 0 Å². The van der Waals surface area contributed by atoms with E-state index in [0.717, 1.165) is 16.3 Å². The molecule has 5 nitrogen and oxygen atoms in total. The van der Waals surface area contributed by atoms with Crippen molar-refractivity contribution >= 4 is 33.4 Å². The van der Waals surface area contributed by atoms with E-state index in [9.17, 15) is 17.6 Å². The second-order valence-corrected chi connectivity index (χ2v) is 9.25. The van der Waals surface area contributed by atoms with Crippen LogP contribution in [0.1, 0.15) is 18.9 Å². The third-order valence-electron chi connectivity index (χ3n) is 4.07. The molecule has 0 unspecified atom stereocenters. The van der Waals surface area contributed by atoms with Gasteiger partial charge in [0.2, 0.25) is 15.9 Å². The molecule has 0 saturated carbocycles. The van der Waals surface area contributed by atoms with Gasteiger partial charge in [-0.3, -0.25) is 9.10 Å². The molecular weight excluding hydrogens is 399 g/mol. The van der Waals surface area contributed by atoms with Gasteiger partial charge in [-0.15, -0.1) is 0 Å². The Hall–Kier alpha value is -2.06. The van der Waals surface area contributed by atoms with Gasteiger partial charge in [0.25, 0.3) is 0 Å². The minimum absolute atomic E-state index is 0.268. The van der Waals surface area contributed by atoms with Gasteiger partial charge in [-0.2, -0.15) is 11.8 Å². The Morgan fingerprint density at radius 2 is 1.79 bits per heavy atom. The Morgan fingerprint density at radius 3 is 2.36 bits per heavy atom.